The Labute approximate surface area is 168 Å². The fourth-order valence-electron chi connectivity index (χ4n) is 2.99. The molecule has 6 nitrogen and oxygen atoms in total. The first kappa shape index (κ1) is 22.0. The van der Waals surface area contributed by atoms with Crippen molar-refractivity contribution in [1.82, 2.24) is 15.8 Å². The number of guanidine groups is 1. The number of benzene rings is 1. The molecule has 154 valence electrons. The van der Waals surface area contributed by atoms with Crippen molar-refractivity contribution in [2.75, 3.05) is 13.2 Å². The highest BCUT2D eigenvalue weighted by atomic mass is 16.5. The second kappa shape index (κ2) is 12.2. The summed E-state index contributed by atoms with van der Waals surface area (Å²) >= 11 is 0. The minimum absolute atomic E-state index is 0.603. The lowest BCUT2D eigenvalue weighted by molar-refractivity contribution is 0.121. The van der Waals surface area contributed by atoms with Crippen molar-refractivity contribution < 1.29 is 9.26 Å². The molecule has 0 bridgehead atoms. The topological polar surface area (TPSA) is 71.7 Å². The van der Waals surface area contributed by atoms with Crippen molar-refractivity contribution >= 4 is 5.96 Å². The molecule has 0 aliphatic heterocycles. The lowest BCUT2D eigenvalue weighted by Gasteiger charge is -2.13. The van der Waals surface area contributed by atoms with Crippen LogP contribution in [-0.2, 0) is 37.3 Å². The number of nitrogens with zero attached hydrogens (tertiary/aromatic N) is 2. The van der Waals surface area contributed by atoms with Crippen molar-refractivity contribution in [3.05, 3.63) is 52.4 Å². The first-order valence-corrected chi connectivity index (χ1v) is 10.4. The number of aliphatic imine (C=N–C) groups is 1. The third kappa shape index (κ3) is 6.37. The Morgan fingerprint density at radius 2 is 1.86 bits per heavy atom. The van der Waals surface area contributed by atoms with Crippen LogP contribution < -0.4 is 10.6 Å². The molecule has 0 aliphatic carbocycles. The van der Waals surface area contributed by atoms with Crippen molar-refractivity contribution in [3.8, 4) is 0 Å². The second-order valence-corrected chi connectivity index (χ2v) is 6.61. The number of nitrogens with one attached hydrogen (secondary N) is 2. The zero-order valence-electron chi connectivity index (χ0n) is 17.7. The molecule has 0 saturated heterocycles. The maximum Gasteiger partial charge on any atom is 0.191 e. The minimum atomic E-state index is 0.603. The molecule has 2 rings (SSSR count). The maximum absolute atomic E-state index is 5.71. The standard InChI is InChI=1S/C22H34N4O2/c1-5-13-27-16-18-12-10-9-11-17(18)14-24-22(23-8-4)25-15-19-20(6-2)26-28-21(19)7-3/h9-12H,5-8,13-16H2,1-4H3,(H2,23,24,25). The van der Waals surface area contributed by atoms with E-state index in [9.17, 15) is 0 Å². The summed E-state index contributed by atoms with van der Waals surface area (Å²) < 4.78 is 11.2. The molecule has 0 fully saturated rings. The van der Waals surface area contributed by atoms with Gasteiger partial charge < -0.3 is 19.9 Å². The molecule has 0 radical (unpaired) electrons. The Balaban J connectivity index is 2.06. The van der Waals surface area contributed by atoms with E-state index in [0.717, 1.165) is 55.4 Å². The predicted molar refractivity (Wildman–Crippen MR) is 113 cm³/mol. The van der Waals surface area contributed by atoms with Gasteiger partial charge in [-0.2, -0.15) is 0 Å². The zero-order chi connectivity index (χ0) is 20.2. The molecule has 28 heavy (non-hydrogen) atoms. The van der Waals surface area contributed by atoms with Crippen LogP contribution in [0.15, 0.2) is 33.8 Å². The summed E-state index contributed by atoms with van der Waals surface area (Å²) in [5, 5.41) is 10.9. The summed E-state index contributed by atoms with van der Waals surface area (Å²) in [4.78, 5) is 4.77. The number of ether oxygens (including phenoxy) is 1. The average Bonchev–Trinajstić information content (AvgIpc) is 3.13. The second-order valence-electron chi connectivity index (χ2n) is 6.61. The average molecular weight is 387 g/mol. The molecule has 0 amide bonds. The summed E-state index contributed by atoms with van der Waals surface area (Å²) in [6.45, 7) is 11.8. The van der Waals surface area contributed by atoms with E-state index in [0.29, 0.717) is 19.7 Å². The van der Waals surface area contributed by atoms with E-state index >= 15 is 0 Å². The quantitative estimate of drug-likeness (QED) is 0.347. The van der Waals surface area contributed by atoms with E-state index in [1.165, 1.54) is 11.1 Å². The highest BCUT2D eigenvalue weighted by molar-refractivity contribution is 5.79. The van der Waals surface area contributed by atoms with Crippen LogP contribution in [0.1, 0.15) is 62.3 Å². The van der Waals surface area contributed by atoms with Crippen LogP contribution in [0, 0.1) is 0 Å². The molecule has 1 aromatic heterocycles. The molecule has 0 aliphatic rings. The number of hydrogen-bond donors (Lipinski definition) is 2. The first-order valence-electron chi connectivity index (χ1n) is 10.4. The first-order chi connectivity index (χ1) is 13.7. The highest BCUT2D eigenvalue weighted by Crippen LogP contribution is 2.15. The molecular formula is C22H34N4O2. The van der Waals surface area contributed by atoms with Gasteiger partial charge in [0.15, 0.2) is 5.96 Å². The SMILES string of the molecule is CCCOCc1ccccc1CN=C(NCC)NCc1c(CC)noc1CC. The normalized spacial score (nSPS) is 11.6. The molecule has 0 atom stereocenters. The minimum Gasteiger partial charge on any atom is -0.377 e. The van der Waals surface area contributed by atoms with Gasteiger partial charge in [-0.1, -0.05) is 50.2 Å². The van der Waals surface area contributed by atoms with Gasteiger partial charge in [0.2, 0.25) is 0 Å². The van der Waals surface area contributed by atoms with Gasteiger partial charge in [-0.05, 0) is 30.9 Å². The zero-order valence-corrected chi connectivity index (χ0v) is 17.7. The van der Waals surface area contributed by atoms with Crippen LogP contribution in [-0.4, -0.2) is 24.3 Å². The molecule has 1 heterocycles. The molecule has 2 aromatic rings. The summed E-state index contributed by atoms with van der Waals surface area (Å²) in [7, 11) is 0. The van der Waals surface area contributed by atoms with Crippen molar-refractivity contribution in [1.29, 1.82) is 0 Å². The van der Waals surface area contributed by atoms with Crippen LogP contribution in [0.2, 0.25) is 0 Å². The van der Waals surface area contributed by atoms with E-state index in [1.807, 2.05) is 12.1 Å². The van der Waals surface area contributed by atoms with Gasteiger partial charge >= 0.3 is 0 Å². The number of rotatable bonds is 11. The van der Waals surface area contributed by atoms with E-state index < -0.39 is 0 Å². The van der Waals surface area contributed by atoms with E-state index in [-0.39, 0.29) is 0 Å². The van der Waals surface area contributed by atoms with Gasteiger partial charge in [0, 0.05) is 31.7 Å². The van der Waals surface area contributed by atoms with Gasteiger partial charge in [-0.15, -0.1) is 0 Å². The molecule has 0 unspecified atom stereocenters. The monoisotopic (exact) mass is 386 g/mol. The number of aryl methyl sites for hydroxylation is 2. The number of aromatic nitrogens is 1. The van der Waals surface area contributed by atoms with Crippen LogP contribution in [0.3, 0.4) is 0 Å². The Bertz CT molecular complexity index is 718. The predicted octanol–water partition coefficient (Wildman–Crippen LogP) is 3.98. The molecule has 2 N–H and O–H groups in total. The van der Waals surface area contributed by atoms with E-state index in [4.69, 9.17) is 14.3 Å². The lowest BCUT2D eigenvalue weighted by Crippen LogP contribution is -2.37. The molecule has 0 spiro atoms. The van der Waals surface area contributed by atoms with Crippen molar-refractivity contribution in [2.45, 2.75) is 66.7 Å². The summed E-state index contributed by atoms with van der Waals surface area (Å²) in [5.74, 6) is 1.73. The van der Waals surface area contributed by atoms with Gasteiger partial charge in [-0.25, -0.2) is 4.99 Å². The van der Waals surface area contributed by atoms with Gasteiger partial charge in [0.1, 0.15) is 5.76 Å². The van der Waals surface area contributed by atoms with E-state index in [1.54, 1.807) is 0 Å². The Morgan fingerprint density at radius 1 is 1.07 bits per heavy atom. The molecule has 0 saturated carbocycles. The summed E-state index contributed by atoms with van der Waals surface area (Å²) in [6.07, 6.45) is 2.72. The maximum atomic E-state index is 5.71. The van der Waals surface area contributed by atoms with Gasteiger partial charge in [0.25, 0.3) is 0 Å². The van der Waals surface area contributed by atoms with Crippen LogP contribution in [0.4, 0.5) is 0 Å². The number of hydrogen-bond acceptors (Lipinski definition) is 4. The summed E-state index contributed by atoms with van der Waals surface area (Å²) in [5.41, 5.74) is 4.53. The molecule has 6 heteroatoms. The fourth-order valence-corrected chi connectivity index (χ4v) is 2.99. The van der Waals surface area contributed by atoms with Crippen LogP contribution >= 0.6 is 0 Å². The summed E-state index contributed by atoms with van der Waals surface area (Å²) in [6, 6.07) is 8.32. The largest absolute Gasteiger partial charge is 0.377 e. The Morgan fingerprint density at radius 3 is 2.54 bits per heavy atom. The third-order valence-corrected chi connectivity index (χ3v) is 4.52. The third-order valence-electron chi connectivity index (χ3n) is 4.52. The van der Waals surface area contributed by atoms with Gasteiger partial charge in [-0.3, -0.25) is 0 Å². The Kier molecular flexibility index (Phi) is 9.55. The van der Waals surface area contributed by atoms with Crippen LogP contribution in [0.25, 0.3) is 0 Å². The lowest BCUT2D eigenvalue weighted by atomic mass is 10.1. The van der Waals surface area contributed by atoms with Crippen LogP contribution in [0.5, 0.6) is 0 Å². The smallest absolute Gasteiger partial charge is 0.191 e. The highest BCUT2D eigenvalue weighted by Gasteiger charge is 2.13. The molecule has 1 aromatic carbocycles. The Hall–Kier alpha value is -2.34. The van der Waals surface area contributed by atoms with E-state index in [2.05, 4.69) is 55.6 Å². The van der Waals surface area contributed by atoms with Crippen molar-refractivity contribution in [3.63, 3.8) is 0 Å². The molecular weight excluding hydrogens is 352 g/mol. The van der Waals surface area contributed by atoms with Crippen molar-refractivity contribution in [2.24, 2.45) is 4.99 Å². The van der Waals surface area contributed by atoms with Gasteiger partial charge in [0.05, 0.1) is 18.8 Å². The fraction of sp³-hybridized carbons (Fsp3) is 0.545.